The number of likely N-dealkylation sites (N-methyl/N-ethyl adjacent to an activating group) is 1. The van der Waals surface area contributed by atoms with Crippen LogP contribution in [0.3, 0.4) is 0 Å². The zero-order valence-electron chi connectivity index (χ0n) is 16.6. The zero-order valence-corrected chi connectivity index (χ0v) is 17.4. The number of H-pyrrole nitrogens is 1. The van der Waals surface area contributed by atoms with Crippen LogP contribution in [-0.4, -0.2) is 42.8 Å². The first kappa shape index (κ1) is 19.3. The molecule has 156 valence electrons. The fraction of sp³-hybridized carbons (Fsp3) is 0.136. The first-order valence-electron chi connectivity index (χ1n) is 9.62. The third-order valence-electron chi connectivity index (χ3n) is 5.43. The second kappa shape index (κ2) is 6.92. The third kappa shape index (κ3) is 3.05. The number of aromatic nitrogens is 2. The summed E-state index contributed by atoms with van der Waals surface area (Å²) in [7, 11) is -2.27. The first-order chi connectivity index (χ1) is 14.9. The van der Waals surface area contributed by atoms with E-state index in [0.29, 0.717) is 27.8 Å². The van der Waals surface area contributed by atoms with Gasteiger partial charge in [0.05, 0.1) is 28.0 Å². The van der Waals surface area contributed by atoms with Gasteiger partial charge in [-0.25, -0.2) is 13.4 Å². The van der Waals surface area contributed by atoms with Gasteiger partial charge in [-0.05, 0) is 29.7 Å². The van der Waals surface area contributed by atoms with Crippen molar-refractivity contribution >= 4 is 43.3 Å². The Hall–Kier alpha value is -3.72. The molecule has 0 spiro atoms. The Bertz CT molecular complexity index is 1520. The summed E-state index contributed by atoms with van der Waals surface area (Å²) in [6, 6.07) is 17.3. The van der Waals surface area contributed by atoms with E-state index in [4.69, 9.17) is 0 Å². The summed E-state index contributed by atoms with van der Waals surface area (Å²) in [5.41, 5.74) is 0.740. The van der Waals surface area contributed by atoms with Gasteiger partial charge in [0.25, 0.3) is 15.6 Å². The number of fused-ring (bicyclic) bond motifs is 1. The van der Waals surface area contributed by atoms with Gasteiger partial charge in [-0.2, -0.15) is 0 Å². The van der Waals surface area contributed by atoms with Gasteiger partial charge in [0.15, 0.2) is 0 Å². The van der Waals surface area contributed by atoms with Gasteiger partial charge < -0.3 is 9.88 Å². The highest BCUT2D eigenvalue weighted by atomic mass is 32.2. The molecule has 3 aromatic carbocycles. The SMILES string of the molecule is CN(Cc1nc2ccccc2c(=O)[nH]1)C(=O)CN1c2cccc3cccc(c23)S1(=O)=O. The van der Waals surface area contributed by atoms with Crippen molar-refractivity contribution in [2.24, 2.45) is 0 Å². The maximum atomic E-state index is 13.1. The molecular weight excluding hydrogens is 416 g/mol. The Kier molecular flexibility index (Phi) is 4.30. The van der Waals surface area contributed by atoms with E-state index in [1.165, 1.54) is 4.90 Å². The summed E-state index contributed by atoms with van der Waals surface area (Å²) in [6.45, 7) is -0.297. The molecule has 9 heteroatoms. The second-order valence-electron chi connectivity index (χ2n) is 7.42. The fourth-order valence-corrected chi connectivity index (χ4v) is 5.55. The fourth-order valence-electron chi connectivity index (χ4n) is 3.89. The largest absolute Gasteiger partial charge is 0.337 e. The molecule has 1 N–H and O–H groups in total. The molecule has 0 saturated carbocycles. The van der Waals surface area contributed by atoms with Crippen LogP contribution in [0.4, 0.5) is 5.69 Å². The molecule has 0 bridgehead atoms. The minimum Gasteiger partial charge on any atom is -0.337 e. The van der Waals surface area contributed by atoms with Crippen molar-refractivity contribution in [1.29, 1.82) is 0 Å². The number of hydrogen-bond acceptors (Lipinski definition) is 5. The lowest BCUT2D eigenvalue weighted by Gasteiger charge is -2.22. The molecule has 1 aromatic heterocycles. The van der Waals surface area contributed by atoms with Crippen LogP contribution in [0.15, 0.2) is 70.4 Å². The lowest BCUT2D eigenvalue weighted by atomic mass is 10.1. The summed E-state index contributed by atoms with van der Waals surface area (Å²) in [4.78, 5) is 33.8. The van der Waals surface area contributed by atoms with Crippen LogP contribution in [0, 0.1) is 0 Å². The average Bonchev–Trinajstić information content (AvgIpc) is 2.97. The maximum Gasteiger partial charge on any atom is 0.265 e. The van der Waals surface area contributed by atoms with Gasteiger partial charge >= 0.3 is 0 Å². The highest BCUT2D eigenvalue weighted by molar-refractivity contribution is 7.93. The monoisotopic (exact) mass is 434 g/mol. The van der Waals surface area contributed by atoms with Crippen LogP contribution in [0.1, 0.15) is 5.82 Å². The number of nitrogens with one attached hydrogen (secondary N) is 1. The predicted octanol–water partition coefficient (Wildman–Crippen LogP) is 2.24. The molecule has 0 saturated heterocycles. The van der Waals surface area contributed by atoms with E-state index >= 15 is 0 Å². The number of benzene rings is 3. The highest BCUT2D eigenvalue weighted by Gasteiger charge is 2.37. The maximum absolute atomic E-state index is 13.1. The minimum atomic E-state index is -3.82. The highest BCUT2D eigenvalue weighted by Crippen LogP contribution is 2.41. The van der Waals surface area contributed by atoms with Crippen LogP contribution >= 0.6 is 0 Å². The molecule has 8 nitrogen and oxygen atoms in total. The zero-order chi connectivity index (χ0) is 21.8. The van der Waals surface area contributed by atoms with Crippen molar-refractivity contribution in [2.75, 3.05) is 17.9 Å². The Morgan fingerprint density at radius 1 is 1.06 bits per heavy atom. The molecule has 0 atom stereocenters. The topological polar surface area (TPSA) is 103 Å². The molecule has 31 heavy (non-hydrogen) atoms. The first-order valence-corrected chi connectivity index (χ1v) is 11.1. The quantitative estimate of drug-likeness (QED) is 0.531. The molecule has 1 amide bonds. The number of anilines is 1. The Morgan fingerprint density at radius 2 is 1.81 bits per heavy atom. The van der Waals surface area contributed by atoms with Gasteiger partial charge in [0.2, 0.25) is 5.91 Å². The molecule has 0 unspecified atom stereocenters. The summed E-state index contributed by atoms with van der Waals surface area (Å²) in [6.07, 6.45) is 0. The van der Waals surface area contributed by atoms with E-state index in [1.54, 1.807) is 55.6 Å². The van der Waals surface area contributed by atoms with Crippen LogP contribution in [-0.2, 0) is 21.4 Å². The molecule has 1 aliphatic rings. The summed E-state index contributed by atoms with van der Waals surface area (Å²) >= 11 is 0. The number of rotatable bonds is 4. The van der Waals surface area contributed by atoms with E-state index in [9.17, 15) is 18.0 Å². The predicted molar refractivity (Wildman–Crippen MR) is 117 cm³/mol. The number of nitrogens with zero attached hydrogens (tertiary/aromatic N) is 3. The average molecular weight is 434 g/mol. The number of carbonyl (C=O) groups excluding carboxylic acids is 1. The molecule has 1 aliphatic heterocycles. The molecule has 0 radical (unpaired) electrons. The van der Waals surface area contributed by atoms with Gasteiger partial charge in [0, 0.05) is 12.4 Å². The third-order valence-corrected chi connectivity index (χ3v) is 7.24. The molecule has 5 rings (SSSR count). The Morgan fingerprint density at radius 3 is 2.61 bits per heavy atom. The summed E-state index contributed by atoms with van der Waals surface area (Å²) in [5.74, 6) is -0.0848. The number of hydrogen-bond donors (Lipinski definition) is 1. The van der Waals surface area contributed by atoms with Crippen molar-refractivity contribution in [3.63, 3.8) is 0 Å². The van der Waals surface area contributed by atoms with Crippen LogP contribution in [0.25, 0.3) is 21.7 Å². The normalized spacial score (nSPS) is 14.3. The van der Waals surface area contributed by atoms with Gasteiger partial charge in [-0.1, -0.05) is 36.4 Å². The lowest BCUT2D eigenvalue weighted by Crippen LogP contribution is -2.40. The summed E-state index contributed by atoms with van der Waals surface area (Å²) < 4.78 is 27.3. The Labute approximate surface area is 177 Å². The van der Waals surface area contributed by atoms with Crippen molar-refractivity contribution in [2.45, 2.75) is 11.4 Å². The number of aromatic amines is 1. The Balaban J connectivity index is 1.42. The van der Waals surface area contributed by atoms with Crippen LogP contribution < -0.4 is 9.86 Å². The van der Waals surface area contributed by atoms with Gasteiger partial charge in [0.1, 0.15) is 12.4 Å². The lowest BCUT2D eigenvalue weighted by molar-refractivity contribution is -0.128. The van der Waals surface area contributed by atoms with E-state index in [-0.39, 0.29) is 23.5 Å². The van der Waals surface area contributed by atoms with Gasteiger partial charge in [-0.15, -0.1) is 0 Å². The number of sulfonamides is 1. The van der Waals surface area contributed by atoms with Crippen molar-refractivity contribution in [1.82, 2.24) is 14.9 Å². The second-order valence-corrected chi connectivity index (χ2v) is 9.25. The summed E-state index contributed by atoms with van der Waals surface area (Å²) in [5, 5.41) is 1.90. The smallest absolute Gasteiger partial charge is 0.265 e. The number of amides is 1. The molecule has 4 aromatic rings. The molecule has 2 heterocycles. The number of para-hydroxylation sites is 1. The van der Waals surface area contributed by atoms with Crippen molar-refractivity contribution in [3.8, 4) is 0 Å². The molecule has 0 fully saturated rings. The van der Waals surface area contributed by atoms with E-state index < -0.39 is 15.9 Å². The van der Waals surface area contributed by atoms with E-state index in [0.717, 1.165) is 9.69 Å². The standard InChI is InChI=1S/C22H18N4O4S/c1-25(12-19-23-16-9-3-2-8-15(16)22(28)24-19)20(27)13-26-17-10-4-6-14-7-5-11-18(21(14)17)31(26,29)30/h2-11H,12-13H2,1H3,(H,23,24,28). The van der Waals surface area contributed by atoms with Crippen LogP contribution in [0.5, 0.6) is 0 Å². The minimum absolute atomic E-state index is 0.0456. The molecule has 0 aliphatic carbocycles. The van der Waals surface area contributed by atoms with Gasteiger partial charge in [-0.3, -0.25) is 13.9 Å². The van der Waals surface area contributed by atoms with Crippen LogP contribution in [0.2, 0.25) is 0 Å². The molecular formula is C22H18N4O4S. The number of carbonyl (C=O) groups is 1. The van der Waals surface area contributed by atoms with E-state index in [2.05, 4.69) is 9.97 Å². The van der Waals surface area contributed by atoms with Crippen molar-refractivity contribution < 1.29 is 13.2 Å². The van der Waals surface area contributed by atoms with Crippen molar-refractivity contribution in [3.05, 3.63) is 76.8 Å². The van der Waals surface area contributed by atoms with E-state index in [1.807, 2.05) is 12.1 Å².